The number of ether oxygens (including phenoxy) is 1. The SMILES string of the molecule is Cc1ccccc1C(Oc1ccccc1Cl)C(C)N. The Morgan fingerprint density at radius 1 is 1.05 bits per heavy atom. The molecule has 2 N–H and O–H groups in total. The van der Waals surface area contributed by atoms with Crippen LogP contribution in [0, 0.1) is 6.92 Å². The molecule has 0 saturated carbocycles. The third-order valence-electron chi connectivity index (χ3n) is 3.06. The summed E-state index contributed by atoms with van der Waals surface area (Å²) < 4.78 is 6.02. The van der Waals surface area contributed by atoms with Crippen molar-refractivity contribution >= 4 is 11.6 Å². The zero-order chi connectivity index (χ0) is 13.8. The van der Waals surface area contributed by atoms with Crippen LogP contribution in [0.15, 0.2) is 48.5 Å². The van der Waals surface area contributed by atoms with Gasteiger partial charge < -0.3 is 10.5 Å². The van der Waals surface area contributed by atoms with Crippen LogP contribution in [-0.4, -0.2) is 6.04 Å². The van der Waals surface area contributed by atoms with E-state index in [1.807, 2.05) is 49.4 Å². The molecule has 100 valence electrons. The standard InChI is InChI=1S/C16H18ClNO/c1-11-7-3-4-8-13(11)16(12(2)18)19-15-10-6-5-9-14(15)17/h3-10,12,16H,18H2,1-2H3. The van der Waals surface area contributed by atoms with Gasteiger partial charge in [-0.1, -0.05) is 48.0 Å². The molecule has 0 aromatic heterocycles. The fraction of sp³-hybridized carbons (Fsp3) is 0.250. The van der Waals surface area contributed by atoms with Crippen LogP contribution in [0.5, 0.6) is 5.75 Å². The maximum absolute atomic E-state index is 6.13. The second kappa shape index (κ2) is 6.09. The van der Waals surface area contributed by atoms with Crippen LogP contribution in [0.3, 0.4) is 0 Å². The molecule has 2 aromatic rings. The van der Waals surface area contributed by atoms with E-state index in [1.165, 1.54) is 0 Å². The van der Waals surface area contributed by atoms with Crippen molar-refractivity contribution < 1.29 is 4.74 Å². The summed E-state index contributed by atoms with van der Waals surface area (Å²) in [6.45, 7) is 3.99. The van der Waals surface area contributed by atoms with E-state index in [0.717, 1.165) is 11.1 Å². The fourth-order valence-electron chi connectivity index (χ4n) is 2.04. The molecule has 2 nitrogen and oxygen atoms in total. The summed E-state index contributed by atoms with van der Waals surface area (Å²) in [6.07, 6.45) is -0.207. The van der Waals surface area contributed by atoms with Crippen molar-refractivity contribution in [2.45, 2.75) is 26.0 Å². The van der Waals surface area contributed by atoms with Crippen LogP contribution in [0.4, 0.5) is 0 Å². The predicted molar refractivity (Wildman–Crippen MR) is 79.6 cm³/mol. The molecule has 3 heteroatoms. The van der Waals surface area contributed by atoms with Crippen molar-refractivity contribution in [3.8, 4) is 5.75 Å². The average molecular weight is 276 g/mol. The van der Waals surface area contributed by atoms with Crippen LogP contribution in [0.2, 0.25) is 5.02 Å². The topological polar surface area (TPSA) is 35.2 Å². The van der Waals surface area contributed by atoms with Crippen molar-refractivity contribution in [2.75, 3.05) is 0 Å². The van der Waals surface area contributed by atoms with Crippen LogP contribution in [0.25, 0.3) is 0 Å². The summed E-state index contributed by atoms with van der Waals surface area (Å²) in [5.74, 6) is 0.662. The summed E-state index contributed by atoms with van der Waals surface area (Å²) in [6, 6.07) is 15.4. The molecule has 19 heavy (non-hydrogen) atoms. The Labute approximate surface area is 119 Å². The van der Waals surface area contributed by atoms with E-state index in [-0.39, 0.29) is 12.1 Å². The molecule has 2 aromatic carbocycles. The van der Waals surface area contributed by atoms with Crippen LogP contribution in [-0.2, 0) is 0 Å². The van der Waals surface area contributed by atoms with Gasteiger partial charge in [0, 0.05) is 6.04 Å². The summed E-state index contributed by atoms with van der Waals surface area (Å²) >= 11 is 6.13. The molecular formula is C16H18ClNO. The van der Waals surface area contributed by atoms with Gasteiger partial charge in [-0.05, 0) is 37.1 Å². The Balaban J connectivity index is 2.33. The zero-order valence-electron chi connectivity index (χ0n) is 11.1. The largest absolute Gasteiger partial charge is 0.483 e. The number of rotatable bonds is 4. The third-order valence-corrected chi connectivity index (χ3v) is 3.38. The van der Waals surface area contributed by atoms with Gasteiger partial charge in [0.25, 0.3) is 0 Å². The van der Waals surface area contributed by atoms with Crippen LogP contribution >= 0.6 is 11.6 Å². The van der Waals surface area contributed by atoms with Crippen molar-refractivity contribution in [1.82, 2.24) is 0 Å². The molecule has 0 aliphatic carbocycles. The van der Waals surface area contributed by atoms with Gasteiger partial charge >= 0.3 is 0 Å². The van der Waals surface area contributed by atoms with Gasteiger partial charge in [0.2, 0.25) is 0 Å². The predicted octanol–water partition coefficient (Wildman–Crippen LogP) is 4.12. The van der Waals surface area contributed by atoms with E-state index >= 15 is 0 Å². The second-order valence-corrected chi connectivity index (χ2v) is 5.09. The van der Waals surface area contributed by atoms with Gasteiger partial charge in [-0.3, -0.25) is 0 Å². The van der Waals surface area contributed by atoms with E-state index in [9.17, 15) is 0 Å². The monoisotopic (exact) mass is 275 g/mol. The lowest BCUT2D eigenvalue weighted by molar-refractivity contribution is 0.180. The van der Waals surface area contributed by atoms with Crippen molar-refractivity contribution in [1.29, 1.82) is 0 Å². The van der Waals surface area contributed by atoms with E-state index < -0.39 is 0 Å². The maximum atomic E-state index is 6.13. The van der Waals surface area contributed by atoms with Crippen LogP contribution < -0.4 is 10.5 Å². The van der Waals surface area contributed by atoms with E-state index in [1.54, 1.807) is 0 Å². The summed E-state index contributed by atoms with van der Waals surface area (Å²) in [7, 11) is 0. The maximum Gasteiger partial charge on any atom is 0.139 e. The highest BCUT2D eigenvalue weighted by atomic mass is 35.5. The average Bonchev–Trinajstić information content (AvgIpc) is 2.38. The number of aryl methyl sites for hydroxylation is 1. The molecular weight excluding hydrogens is 258 g/mol. The lowest BCUT2D eigenvalue weighted by atomic mass is 9.99. The summed E-state index contributed by atoms with van der Waals surface area (Å²) in [5, 5.41) is 0.599. The van der Waals surface area contributed by atoms with Gasteiger partial charge in [0.05, 0.1) is 5.02 Å². The van der Waals surface area contributed by atoms with Crippen molar-refractivity contribution in [3.05, 3.63) is 64.7 Å². The Morgan fingerprint density at radius 2 is 1.68 bits per heavy atom. The molecule has 0 bridgehead atoms. The highest BCUT2D eigenvalue weighted by Gasteiger charge is 2.20. The number of hydrogen-bond donors (Lipinski definition) is 1. The van der Waals surface area contributed by atoms with Gasteiger partial charge in [0.1, 0.15) is 11.9 Å². The molecule has 0 aliphatic heterocycles. The first kappa shape index (κ1) is 13.9. The van der Waals surface area contributed by atoms with Gasteiger partial charge in [-0.15, -0.1) is 0 Å². The Bertz CT molecular complexity index is 554. The highest BCUT2D eigenvalue weighted by molar-refractivity contribution is 6.32. The number of nitrogens with two attached hydrogens (primary N) is 1. The molecule has 0 fully saturated rings. The number of benzene rings is 2. The van der Waals surface area contributed by atoms with E-state index in [4.69, 9.17) is 22.1 Å². The number of halogens is 1. The van der Waals surface area contributed by atoms with Crippen molar-refractivity contribution in [3.63, 3.8) is 0 Å². The fourth-order valence-corrected chi connectivity index (χ4v) is 2.22. The van der Waals surface area contributed by atoms with Crippen molar-refractivity contribution in [2.24, 2.45) is 5.73 Å². The zero-order valence-corrected chi connectivity index (χ0v) is 11.9. The Morgan fingerprint density at radius 3 is 2.32 bits per heavy atom. The van der Waals surface area contributed by atoms with Gasteiger partial charge in [-0.2, -0.15) is 0 Å². The molecule has 2 atom stereocenters. The molecule has 0 heterocycles. The molecule has 0 amide bonds. The Kier molecular flexibility index (Phi) is 4.46. The molecule has 2 rings (SSSR count). The lowest BCUT2D eigenvalue weighted by Gasteiger charge is -2.25. The summed E-state index contributed by atoms with van der Waals surface area (Å²) in [5.41, 5.74) is 8.33. The second-order valence-electron chi connectivity index (χ2n) is 4.68. The quantitative estimate of drug-likeness (QED) is 0.911. The first-order valence-corrected chi connectivity index (χ1v) is 6.69. The minimum absolute atomic E-state index is 0.127. The molecule has 0 saturated heterocycles. The molecule has 0 aliphatic rings. The molecule has 0 radical (unpaired) electrons. The summed E-state index contributed by atoms with van der Waals surface area (Å²) in [4.78, 5) is 0. The first-order valence-electron chi connectivity index (χ1n) is 6.32. The minimum Gasteiger partial charge on any atom is -0.483 e. The number of para-hydroxylation sites is 1. The highest BCUT2D eigenvalue weighted by Crippen LogP contribution is 2.31. The van der Waals surface area contributed by atoms with E-state index in [2.05, 4.69) is 13.0 Å². The smallest absolute Gasteiger partial charge is 0.139 e. The van der Waals surface area contributed by atoms with Gasteiger partial charge in [-0.25, -0.2) is 0 Å². The minimum atomic E-state index is -0.207. The van der Waals surface area contributed by atoms with E-state index in [0.29, 0.717) is 10.8 Å². The first-order chi connectivity index (χ1) is 9.09. The molecule has 2 unspecified atom stereocenters. The third kappa shape index (κ3) is 3.28. The van der Waals surface area contributed by atoms with Crippen LogP contribution in [0.1, 0.15) is 24.2 Å². The lowest BCUT2D eigenvalue weighted by Crippen LogP contribution is -2.29. The normalized spacial score (nSPS) is 13.9. The number of hydrogen-bond acceptors (Lipinski definition) is 2. The Hall–Kier alpha value is -1.51. The van der Waals surface area contributed by atoms with Gasteiger partial charge in [0.15, 0.2) is 0 Å². The molecule has 0 spiro atoms.